The SMILES string of the molecule is CCNC(C)c1ccc(SCc2ccc(C)c(C)c2)cc1. The molecule has 0 aliphatic carbocycles. The molecule has 2 rings (SSSR count). The third kappa shape index (κ3) is 4.62. The van der Waals surface area contributed by atoms with E-state index in [-0.39, 0.29) is 0 Å². The fourth-order valence-electron chi connectivity index (χ4n) is 2.34. The minimum absolute atomic E-state index is 0.425. The summed E-state index contributed by atoms with van der Waals surface area (Å²) in [4.78, 5) is 1.33. The molecule has 0 fully saturated rings. The first kappa shape index (κ1) is 16.1. The molecule has 112 valence electrons. The van der Waals surface area contributed by atoms with Crippen molar-refractivity contribution >= 4 is 11.8 Å². The Kier molecular flexibility index (Phi) is 5.89. The van der Waals surface area contributed by atoms with Crippen molar-refractivity contribution in [2.24, 2.45) is 0 Å². The Labute approximate surface area is 133 Å². The molecular formula is C19H25NS. The average molecular weight is 299 g/mol. The minimum atomic E-state index is 0.425. The highest BCUT2D eigenvalue weighted by molar-refractivity contribution is 7.98. The molecule has 2 heteroatoms. The Morgan fingerprint density at radius 1 is 1.00 bits per heavy atom. The third-order valence-electron chi connectivity index (χ3n) is 3.87. The predicted molar refractivity (Wildman–Crippen MR) is 94.0 cm³/mol. The summed E-state index contributed by atoms with van der Waals surface area (Å²) >= 11 is 1.90. The van der Waals surface area contributed by atoms with Crippen molar-refractivity contribution in [2.75, 3.05) is 6.54 Å². The summed E-state index contributed by atoms with van der Waals surface area (Å²) in [5, 5.41) is 3.44. The monoisotopic (exact) mass is 299 g/mol. The Morgan fingerprint density at radius 3 is 2.33 bits per heavy atom. The molecule has 21 heavy (non-hydrogen) atoms. The minimum Gasteiger partial charge on any atom is -0.310 e. The molecule has 1 N–H and O–H groups in total. The maximum atomic E-state index is 3.44. The highest BCUT2D eigenvalue weighted by Crippen LogP contribution is 2.25. The molecule has 2 aromatic carbocycles. The van der Waals surface area contributed by atoms with E-state index < -0.39 is 0 Å². The number of benzene rings is 2. The number of nitrogens with one attached hydrogen (secondary N) is 1. The van der Waals surface area contributed by atoms with Crippen molar-refractivity contribution in [1.29, 1.82) is 0 Å². The lowest BCUT2D eigenvalue weighted by molar-refractivity contribution is 0.598. The van der Waals surface area contributed by atoms with Gasteiger partial charge in [0.15, 0.2) is 0 Å². The van der Waals surface area contributed by atoms with Crippen molar-refractivity contribution in [3.05, 3.63) is 64.7 Å². The Bertz CT molecular complexity index is 575. The highest BCUT2D eigenvalue weighted by atomic mass is 32.2. The van der Waals surface area contributed by atoms with Gasteiger partial charge in [0, 0.05) is 16.7 Å². The van der Waals surface area contributed by atoms with E-state index in [9.17, 15) is 0 Å². The van der Waals surface area contributed by atoms with E-state index in [1.807, 2.05) is 11.8 Å². The molecule has 0 heterocycles. The van der Waals surface area contributed by atoms with Crippen LogP contribution in [0.3, 0.4) is 0 Å². The van der Waals surface area contributed by atoms with Crippen molar-refractivity contribution in [3.8, 4) is 0 Å². The standard InChI is InChI=1S/C19H25NS/c1-5-20-16(4)18-8-10-19(11-9-18)21-13-17-7-6-14(2)15(3)12-17/h6-12,16,20H,5,13H2,1-4H3. The molecular weight excluding hydrogens is 274 g/mol. The summed E-state index contributed by atoms with van der Waals surface area (Å²) in [5.41, 5.74) is 5.49. The molecule has 0 aliphatic rings. The van der Waals surface area contributed by atoms with E-state index in [4.69, 9.17) is 0 Å². The van der Waals surface area contributed by atoms with Gasteiger partial charge in [-0.25, -0.2) is 0 Å². The van der Waals surface area contributed by atoms with Gasteiger partial charge in [0.2, 0.25) is 0 Å². The average Bonchev–Trinajstić information content (AvgIpc) is 2.49. The number of rotatable bonds is 6. The van der Waals surface area contributed by atoms with Crippen LogP contribution in [0.2, 0.25) is 0 Å². The smallest absolute Gasteiger partial charge is 0.0291 e. The maximum absolute atomic E-state index is 3.44. The van der Waals surface area contributed by atoms with Gasteiger partial charge in [-0.2, -0.15) is 0 Å². The normalized spacial score (nSPS) is 12.4. The molecule has 0 aliphatic heterocycles. The molecule has 1 atom stereocenters. The molecule has 0 saturated heterocycles. The van der Waals surface area contributed by atoms with Gasteiger partial charge in [0.05, 0.1) is 0 Å². The van der Waals surface area contributed by atoms with E-state index in [1.54, 1.807) is 0 Å². The van der Waals surface area contributed by atoms with Crippen LogP contribution in [0.15, 0.2) is 47.4 Å². The van der Waals surface area contributed by atoms with E-state index >= 15 is 0 Å². The second kappa shape index (κ2) is 7.67. The van der Waals surface area contributed by atoms with E-state index in [0.29, 0.717) is 6.04 Å². The van der Waals surface area contributed by atoms with Gasteiger partial charge in [-0.1, -0.05) is 37.3 Å². The number of hydrogen-bond acceptors (Lipinski definition) is 2. The van der Waals surface area contributed by atoms with Gasteiger partial charge in [-0.15, -0.1) is 11.8 Å². The molecule has 0 saturated carbocycles. The number of aryl methyl sites for hydroxylation is 2. The van der Waals surface area contributed by atoms with Crippen LogP contribution in [-0.4, -0.2) is 6.54 Å². The second-order valence-corrected chi connectivity index (χ2v) is 6.60. The van der Waals surface area contributed by atoms with Gasteiger partial charge in [-0.3, -0.25) is 0 Å². The summed E-state index contributed by atoms with van der Waals surface area (Å²) < 4.78 is 0. The molecule has 0 bridgehead atoms. The van der Waals surface area contributed by atoms with Crippen LogP contribution in [0.4, 0.5) is 0 Å². The fourth-order valence-corrected chi connectivity index (χ4v) is 3.18. The molecule has 0 spiro atoms. The van der Waals surface area contributed by atoms with E-state index in [1.165, 1.54) is 27.1 Å². The zero-order valence-corrected chi connectivity index (χ0v) is 14.3. The Balaban J connectivity index is 1.95. The van der Waals surface area contributed by atoms with Crippen molar-refractivity contribution in [3.63, 3.8) is 0 Å². The van der Waals surface area contributed by atoms with Crippen LogP contribution in [0, 0.1) is 13.8 Å². The number of thioether (sulfide) groups is 1. The van der Waals surface area contributed by atoms with Crippen LogP contribution in [0.1, 0.15) is 42.1 Å². The van der Waals surface area contributed by atoms with Gasteiger partial charge in [0.25, 0.3) is 0 Å². The quantitative estimate of drug-likeness (QED) is 0.730. The van der Waals surface area contributed by atoms with Crippen LogP contribution in [-0.2, 0) is 5.75 Å². The zero-order chi connectivity index (χ0) is 15.2. The lowest BCUT2D eigenvalue weighted by Crippen LogP contribution is -2.17. The van der Waals surface area contributed by atoms with Crippen LogP contribution >= 0.6 is 11.8 Å². The van der Waals surface area contributed by atoms with Crippen molar-refractivity contribution < 1.29 is 0 Å². The van der Waals surface area contributed by atoms with Gasteiger partial charge < -0.3 is 5.32 Å². The topological polar surface area (TPSA) is 12.0 Å². The predicted octanol–water partition coefficient (Wildman–Crippen LogP) is 5.27. The summed E-state index contributed by atoms with van der Waals surface area (Å²) in [7, 11) is 0. The van der Waals surface area contributed by atoms with Gasteiger partial charge in [0.1, 0.15) is 0 Å². The summed E-state index contributed by atoms with van der Waals surface area (Å²) in [6.07, 6.45) is 0. The molecule has 0 radical (unpaired) electrons. The molecule has 1 nitrogen and oxygen atoms in total. The highest BCUT2D eigenvalue weighted by Gasteiger charge is 2.04. The molecule has 0 amide bonds. The van der Waals surface area contributed by atoms with E-state index in [2.05, 4.69) is 75.5 Å². The van der Waals surface area contributed by atoms with E-state index in [0.717, 1.165) is 12.3 Å². The molecule has 2 aromatic rings. The fraction of sp³-hybridized carbons (Fsp3) is 0.368. The molecule has 0 aromatic heterocycles. The van der Waals surface area contributed by atoms with Crippen molar-refractivity contribution in [2.45, 2.75) is 44.4 Å². The maximum Gasteiger partial charge on any atom is 0.0291 e. The summed E-state index contributed by atoms with van der Waals surface area (Å²) in [6.45, 7) is 9.70. The zero-order valence-electron chi connectivity index (χ0n) is 13.4. The van der Waals surface area contributed by atoms with Gasteiger partial charge >= 0.3 is 0 Å². The third-order valence-corrected chi connectivity index (χ3v) is 4.95. The van der Waals surface area contributed by atoms with Gasteiger partial charge in [-0.05, 0) is 61.7 Å². The largest absolute Gasteiger partial charge is 0.310 e. The second-order valence-electron chi connectivity index (χ2n) is 5.56. The Morgan fingerprint density at radius 2 is 1.71 bits per heavy atom. The summed E-state index contributed by atoms with van der Waals surface area (Å²) in [5.74, 6) is 1.03. The first-order chi connectivity index (χ1) is 10.1. The summed E-state index contributed by atoms with van der Waals surface area (Å²) in [6, 6.07) is 16.1. The first-order valence-corrected chi connectivity index (χ1v) is 8.61. The van der Waals surface area contributed by atoms with Crippen LogP contribution in [0.5, 0.6) is 0 Å². The number of hydrogen-bond donors (Lipinski definition) is 1. The molecule has 1 unspecified atom stereocenters. The Hall–Kier alpha value is -1.25. The lowest BCUT2D eigenvalue weighted by atomic mass is 10.1. The first-order valence-electron chi connectivity index (χ1n) is 7.62. The van der Waals surface area contributed by atoms with Crippen LogP contribution < -0.4 is 5.32 Å². The lowest BCUT2D eigenvalue weighted by Gasteiger charge is -2.13. The van der Waals surface area contributed by atoms with Crippen molar-refractivity contribution in [1.82, 2.24) is 5.32 Å². The van der Waals surface area contributed by atoms with Crippen LogP contribution in [0.25, 0.3) is 0 Å².